The number of esters is 1. The van der Waals surface area contributed by atoms with E-state index in [1.807, 2.05) is 6.92 Å². The van der Waals surface area contributed by atoms with Gasteiger partial charge in [0.25, 0.3) is 0 Å². The number of halogens is 3. The normalized spacial score (nSPS) is 17.9. The molecule has 1 saturated heterocycles. The Bertz CT molecular complexity index is 686. The molecule has 6 nitrogen and oxygen atoms in total. The first-order valence-electron chi connectivity index (χ1n) is 9.76. The lowest BCUT2D eigenvalue weighted by Gasteiger charge is -2.33. The molecule has 9 heteroatoms. The molecule has 0 radical (unpaired) electrons. The predicted molar refractivity (Wildman–Crippen MR) is 104 cm³/mol. The summed E-state index contributed by atoms with van der Waals surface area (Å²) in [5.41, 5.74) is -0.916. The van der Waals surface area contributed by atoms with E-state index in [-0.39, 0.29) is 17.7 Å². The van der Waals surface area contributed by atoms with Crippen molar-refractivity contribution in [2.45, 2.75) is 52.1 Å². The molecule has 1 fully saturated rings. The van der Waals surface area contributed by atoms with Gasteiger partial charge >= 0.3 is 12.3 Å². The summed E-state index contributed by atoms with van der Waals surface area (Å²) in [6, 6.07) is 3.40. The lowest BCUT2D eigenvalue weighted by atomic mass is 9.97. The number of aromatic nitrogens is 1. The van der Waals surface area contributed by atoms with Gasteiger partial charge in [-0.25, -0.2) is 4.98 Å². The van der Waals surface area contributed by atoms with Gasteiger partial charge in [-0.2, -0.15) is 0 Å². The fourth-order valence-corrected chi connectivity index (χ4v) is 3.22. The van der Waals surface area contributed by atoms with Crippen LogP contribution in [-0.4, -0.2) is 42.7 Å². The Morgan fingerprint density at radius 3 is 2.52 bits per heavy atom. The van der Waals surface area contributed by atoms with Gasteiger partial charge in [-0.1, -0.05) is 13.0 Å². The van der Waals surface area contributed by atoms with Crippen molar-refractivity contribution < 1.29 is 27.4 Å². The molecule has 0 saturated carbocycles. The van der Waals surface area contributed by atoms with Crippen LogP contribution in [0, 0.1) is 5.92 Å². The van der Waals surface area contributed by atoms with Crippen molar-refractivity contribution in [2.24, 2.45) is 5.92 Å². The van der Waals surface area contributed by atoms with E-state index >= 15 is 0 Å². The number of pyridine rings is 1. The molecular formula is C20H28F3N3O3. The maximum atomic E-state index is 12.8. The van der Waals surface area contributed by atoms with Crippen LogP contribution >= 0.6 is 0 Å². The zero-order valence-electron chi connectivity index (χ0n) is 17.0. The van der Waals surface area contributed by atoms with Crippen LogP contribution in [0.1, 0.15) is 40.0 Å². The second-order valence-electron chi connectivity index (χ2n) is 7.01. The summed E-state index contributed by atoms with van der Waals surface area (Å²) in [7, 11) is 0. The standard InChI is InChI=1S/C20H28F3N3O3/c1-4-6-11-19(3,29-20(21,22)23)25-17-8-7-16(14-24-17)26-12-9-15(10-13-26)18(27)28-5-2/h6-8,11,14-15H,4-5,9-10,12-13H2,1-3H3,(H,24,25)/b11-6-. The van der Waals surface area contributed by atoms with Crippen LogP contribution < -0.4 is 10.2 Å². The molecule has 0 spiro atoms. The van der Waals surface area contributed by atoms with Gasteiger partial charge in [0.05, 0.1) is 24.4 Å². The third kappa shape index (κ3) is 7.23. The molecule has 0 bridgehead atoms. The van der Waals surface area contributed by atoms with Crippen LogP contribution in [0.2, 0.25) is 0 Å². The highest BCUT2D eigenvalue weighted by molar-refractivity contribution is 5.72. The number of ether oxygens (including phenoxy) is 2. The highest BCUT2D eigenvalue weighted by Crippen LogP contribution is 2.29. The van der Waals surface area contributed by atoms with Gasteiger partial charge in [0.2, 0.25) is 0 Å². The van der Waals surface area contributed by atoms with E-state index in [0.29, 0.717) is 39.0 Å². The topological polar surface area (TPSA) is 63.7 Å². The van der Waals surface area contributed by atoms with Crippen molar-refractivity contribution in [3.8, 4) is 0 Å². The number of rotatable bonds is 8. The Morgan fingerprint density at radius 1 is 1.31 bits per heavy atom. The van der Waals surface area contributed by atoms with Gasteiger partial charge in [0.15, 0.2) is 5.72 Å². The zero-order chi connectivity index (χ0) is 21.5. The summed E-state index contributed by atoms with van der Waals surface area (Å²) in [5.74, 6) is 0.0160. The number of anilines is 2. The number of carbonyl (C=O) groups excluding carboxylic acids is 1. The Balaban J connectivity index is 2.00. The van der Waals surface area contributed by atoms with E-state index in [2.05, 4.69) is 19.9 Å². The van der Waals surface area contributed by atoms with E-state index in [1.165, 1.54) is 13.0 Å². The molecule has 2 rings (SSSR count). The van der Waals surface area contributed by atoms with E-state index in [4.69, 9.17) is 4.74 Å². The molecule has 1 atom stereocenters. The minimum atomic E-state index is -4.79. The fourth-order valence-electron chi connectivity index (χ4n) is 3.22. The number of allylic oxidation sites excluding steroid dienone is 1. The first-order chi connectivity index (χ1) is 13.7. The first-order valence-corrected chi connectivity index (χ1v) is 9.76. The minimum absolute atomic E-state index is 0.0920. The number of nitrogens with one attached hydrogen (secondary N) is 1. The van der Waals surface area contributed by atoms with Crippen molar-refractivity contribution >= 4 is 17.5 Å². The van der Waals surface area contributed by atoms with E-state index < -0.39 is 12.1 Å². The minimum Gasteiger partial charge on any atom is -0.466 e. The number of carbonyl (C=O) groups is 1. The summed E-state index contributed by atoms with van der Waals surface area (Å²) in [5, 5.41) is 2.69. The average Bonchev–Trinajstić information content (AvgIpc) is 2.66. The third-order valence-electron chi connectivity index (χ3n) is 4.60. The molecule has 0 aliphatic carbocycles. The Hall–Kier alpha value is -2.29. The molecule has 29 heavy (non-hydrogen) atoms. The summed E-state index contributed by atoms with van der Waals surface area (Å²) in [6.07, 6.45) is 1.70. The van der Waals surface area contributed by atoms with Gasteiger partial charge in [-0.3, -0.25) is 9.53 Å². The van der Waals surface area contributed by atoms with Gasteiger partial charge in [0, 0.05) is 13.1 Å². The SMILES string of the molecule is CC/C=C\C(C)(Nc1ccc(N2CCC(C(=O)OCC)CC2)cn1)OC(F)(F)F. The second kappa shape index (κ2) is 9.96. The van der Waals surface area contributed by atoms with E-state index in [1.54, 1.807) is 31.3 Å². The maximum Gasteiger partial charge on any atom is 0.524 e. The van der Waals surface area contributed by atoms with E-state index in [0.717, 1.165) is 5.69 Å². The van der Waals surface area contributed by atoms with Crippen LogP contribution in [0.15, 0.2) is 30.5 Å². The number of alkyl halides is 3. The maximum absolute atomic E-state index is 12.8. The predicted octanol–water partition coefficient (Wildman–Crippen LogP) is 4.49. The van der Waals surface area contributed by atoms with Crippen molar-refractivity contribution in [3.05, 3.63) is 30.5 Å². The Morgan fingerprint density at radius 2 is 2.00 bits per heavy atom. The molecule has 1 aliphatic rings. The first kappa shape index (κ1) is 23.0. The molecule has 1 N–H and O–H groups in total. The molecule has 0 amide bonds. The van der Waals surface area contributed by atoms with Crippen LogP contribution in [0.4, 0.5) is 24.7 Å². The second-order valence-corrected chi connectivity index (χ2v) is 7.01. The highest BCUT2D eigenvalue weighted by Gasteiger charge is 2.39. The van der Waals surface area contributed by atoms with Crippen molar-refractivity contribution in [3.63, 3.8) is 0 Å². The van der Waals surface area contributed by atoms with Crippen LogP contribution in [0.5, 0.6) is 0 Å². The molecule has 2 heterocycles. The molecule has 1 unspecified atom stereocenters. The number of hydrogen-bond donors (Lipinski definition) is 1. The summed E-state index contributed by atoms with van der Waals surface area (Å²) < 4.78 is 47.6. The van der Waals surface area contributed by atoms with Gasteiger partial charge < -0.3 is 15.0 Å². The van der Waals surface area contributed by atoms with Crippen molar-refractivity contribution in [1.82, 2.24) is 4.98 Å². The summed E-state index contributed by atoms with van der Waals surface area (Å²) >= 11 is 0. The van der Waals surface area contributed by atoms with Gasteiger partial charge in [-0.15, -0.1) is 13.2 Å². The quantitative estimate of drug-likeness (QED) is 0.383. The molecular weight excluding hydrogens is 387 g/mol. The third-order valence-corrected chi connectivity index (χ3v) is 4.60. The van der Waals surface area contributed by atoms with Crippen molar-refractivity contribution in [1.29, 1.82) is 0 Å². The summed E-state index contributed by atoms with van der Waals surface area (Å²) in [6.45, 7) is 6.65. The Labute approximate surface area is 169 Å². The van der Waals surface area contributed by atoms with Crippen molar-refractivity contribution in [2.75, 3.05) is 29.9 Å². The smallest absolute Gasteiger partial charge is 0.466 e. The van der Waals surface area contributed by atoms with Crippen LogP contribution in [0.25, 0.3) is 0 Å². The van der Waals surface area contributed by atoms with Crippen LogP contribution in [-0.2, 0) is 14.3 Å². The lowest BCUT2D eigenvalue weighted by molar-refractivity contribution is -0.351. The average molecular weight is 415 g/mol. The largest absolute Gasteiger partial charge is 0.524 e. The summed E-state index contributed by atoms with van der Waals surface area (Å²) in [4.78, 5) is 18.2. The molecule has 162 valence electrons. The molecule has 0 aromatic carbocycles. The van der Waals surface area contributed by atoms with Gasteiger partial charge in [-0.05, 0) is 51.3 Å². The molecule has 1 aliphatic heterocycles. The zero-order valence-corrected chi connectivity index (χ0v) is 17.0. The molecule has 1 aromatic heterocycles. The fraction of sp³-hybridized carbons (Fsp3) is 0.600. The lowest BCUT2D eigenvalue weighted by Crippen LogP contribution is -2.41. The van der Waals surface area contributed by atoms with E-state index in [9.17, 15) is 18.0 Å². The van der Waals surface area contributed by atoms with Gasteiger partial charge in [0.1, 0.15) is 5.82 Å². The monoisotopic (exact) mass is 415 g/mol. The van der Waals surface area contributed by atoms with Crippen LogP contribution in [0.3, 0.4) is 0 Å². The number of hydrogen-bond acceptors (Lipinski definition) is 6. The highest BCUT2D eigenvalue weighted by atomic mass is 19.4. The number of piperidine rings is 1. The number of nitrogens with zero attached hydrogens (tertiary/aromatic N) is 2. The Kier molecular flexibility index (Phi) is 7.89. The molecule has 1 aromatic rings.